The van der Waals surface area contributed by atoms with E-state index in [4.69, 9.17) is 0 Å². The van der Waals surface area contributed by atoms with Crippen molar-refractivity contribution in [1.82, 2.24) is 25.1 Å². The molecule has 1 amide bonds. The number of aromatic nitrogens is 4. The first kappa shape index (κ1) is 18.8. The van der Waals surface area contributed by atoms with E-state index in [2.05, 4.69) is 27.4 Å². The summed E-state index contributed by atoms with van der Waals surface area (Å²) < 4.78 is 24.9. The van der Waals surface area contributed by atoms with Crippen molar-refractivity contribution in [2.75, 3.05) is 17.3 Å². The van der Waals surface area contributed by atoms with E-state index in [-0.39, 0.29) is 29.2 Å². The number of carbonyl (C=O) groups is 1. The van der Waals surface area contributed by atoms with Crippen LogP contribution < -0.4 is 5.32 Å². The van der Waals surface area contributed by atoms with Gasteiger partial charge in [0.15, 0.2) is 20.8 Å². The Labute approximate surface area is 156 Å². The molecule has 2 aromatic rings. The summed E-state index contributed by atoms with van der Waals surface area (Å²) in [6, 6.07) is 3.46. The van der Waals surface area contributed by atoms with Crippen LogP contribution in [0.5, 0.6) is 0 Å². The van der Waals surface area contributed by atoms with E-state index >= 15 is 0 Å². The first-order valence-electron chi connectivity index (χ1n) is 8.44. The number of thioether (sulfide) groups is 1. The summed E-state index contributed by atoms with van der Waals surface area (Å²) in [5.74, 6) is 0.911. The molecular formula is C16H21N5O3S2. The lowest BCUT2D eigenvalue weighted by Gasteiger charge is -2.11. The van der Waals surface area contributed by atoms with Crippen molar-refractivity contribution in [1.29, 1.82) is 0 Å². The van der Waals surface area contributed by atoms with E-state index < -0.39 is 9.84 Å². The smallest absolute Gasteiger partial charge is 0.230 e. The molecule has 3 heterocycles. The van der Waals surface area contributed by atoms with Crippen molar-refractivity contribution in [3.05, 3.63) is 24.5 Å². The van der Waals surface area contributed by atoms with Crippen LogP contribution in [0.2, 0.25) is 0 Å². The zero-order valence-corrected chi connectivity index (χ0v) is 16.1. The monoisotopic (exact) mass is 395 g/mol. The van der Waals surface area contributed by atoms with Crippen LogP contribution in [0.4, 0.5) is 0 Å². The Hall–Kier alpha value is -1.94. The van der Waals surface area contributed by atoms with E-state index in [0.29, 0.717) is 11.6 Å². The summed E-state index contributed by atoms with van der Waals surface area (Å²) in [6.45, 7) is 2.81. The van der Waals surface area contributed by atoms with Gasteiger partial charge in [-0.15, -0.1) is 10.2 Å². The third kappa shape index (κ3) is 4.61. The number of sulfone groups is 1. The van der Waals surface area contributed by atoms with Crippen molar-refractivity contribution in [3.63, 3.8) is 0 Å². The minimum Gasteiger partial charge on any atom is -0.352 e. The van der Waals surface area contributed by atoms with Gasteiger partial charge in [-0.1, -0.05) is 18.7 Å². The third-order valence-electron chi connectivity index (χ3n) is 4.03. The molecule has 1 saturated heterocycles. The van der Waals surface area contributed by atoms with Gasteiger partial charge in [0.25, 0.3) is 0 Å². The summed E-state index contributed by atoms with van der Waals surface area (Å²) in [6.07, 6.45) is 4.80. The number of nitrogens with zero attached hydrogens (tertiary/aromatic N) is 4. The summed E-state index contributed by atoms with van der Waals surface area (Å²) in [4.78, 5) is 16.2. The fourth-order valence-corrected chi connectivity index (χ4v) is 5.29. The first-order valence-corrected chi connectivity index (χ1v) is 11.3. The van der Waals surface area contributed by atoms with Crippen LogP contribution in [0.25, 0.3) is 11.4 Å². The summed E-state index contributed by atoms with van der Waals surface area (Å²) in [7, 11) is -3.00. The molecule has 26 heavy (non-hydrogen) atoms. The van der Waals surface area contributed by atoms with Gasteiger partial charge in [0.1, 0.15) is 0 Å². The number of hydrogen-bond donors (Lipinski definition) is 1. The third-order valence-corrected chi connectivity index (χ3v) is 6.77. The number of hydrogen-bond acceptors (Lipinski definition) is 7. The molecule has 2 aromatic heterocycles. The lowest BCUT2D eigenvalue weighted by atomic mass is 10.2. The number of nitrogens with one attached hydrogen (secondary N) is 1. The van der Waals surface area contributed by atoms with Crippen LogP contribution in [-0.2, 0) is 21.2 Å². The minimum absolute atomic E-state index is 0.0294. The highest BCUT2D eigenvalue weighted by Crippen LogP contribution is 2.24. The Bertz CT molecular complexity index is 867. The lowest BCUT2D eigenvalue weighted by Crippen LogP contribution is -2.36. The molecule has 0 aliphatic carbocycles. The fourth-order valence-electron chi connectivity index (χ4n) is 2.84. The van der Waals surface area contributed by atoms with Gasteiger partial charge in [-0.05, 0) is 25.0 Å². The van der Waals surface area contributed by atoms with Crippen molar-refractivity contribution in [2.45, 2.75) is 37.5 Å². The van der Waals surface area contributed by atoms with E-state index in [1.165, 1.54) is 11.8 Å². The predicted molar refractivity (Wildman–Crippen MR) is 99.5 cm³/mol. The van der Waals surface area contributed by atoms with Crippen molar-refractivity contribution < 1.29 is 13.2 Å². The van der Waals surface area contributed by atoms with Gasteiger partial charge in [-0.2, -0.15) is 0 Å². The molecule has 1 atom stereocenters. The van der Waals surface area contributed by atoms with Crippen molar-refractivity contribution >= 4 is 27.5 Å². The van der Waals surface area contributed by atoms with Crippen LogP contribution in [-0.4, -0.2) is 57.4 Å². The molecule has 0 unspecified atom stereocenters. The summed E-state index contributed by atoms with van der Waals surface area (Å²) in [5, 5.41) is 11.9. The van der Waals surface area contributed by atoms with E-state index in [9.17, 15) is 13.2 Å². The van der Waals surface area contributed by atoms with Gasteiger partial charge >= 0.3 is 0 Å². The zero-order valence-electron chi connectivity index (χ0n) is 14.5. The molecule has 1 fully saturated rings. The second kappa shape index (κ2) is 8.17. The number of amides is 1. The first-order chi connectivity index (χ1) is 12.5. The van der Waals surface area contributed by atoms with E-state index in [0.717, 1.165) is 24.4 Å². The van der Waals surface area contributed by atoms with Crippen molar-refractivity contribution in [2.24, 2.45) is 0 Å². The quantitative estimate of drug-likeness (QED) is 0.701. The molecule has 3 rings (SSSR count). The Kier molecular flexibility index (Phi) is 5.92. The lowest BCUT2D eigenvalue weighted by molar-refractivity contribution is -0.119. The zero-order chi connectivity index (χ0) is 18.6. The highest BCUT2D eigenvalue weighted by molar-refractivity contribution is 7.99. The molecule has 1 N–H and O–H groups in total. The molecule has 0 aromatic carbocycles. The molecule has 140 valence electrons. The van der Waals surface area contributed by atoms with Gasteiger partial charge in [0.05, 0.1) is 17.3 Å². The van der Waals surface area contributed by atoms with Crippen LogP contribution in [0.3, 0.4) is 0 Å². The predicted octanol–water partition coefficient (Wildman–Crippen LogP) is 1.15. The maximum absolute atomic E-state index is 12.1. The number of carbonyl (C=O) groups excluding carboxylic acids is 1. The maximum Gasteiger partial charge on any atom is 0.230 e. The van der Waals surface area contributed by atoms with Gasteiger partial charge < -0.3 is 9.88 Å². The van der Waals surface area contributed by atoms with Crippen LogP contribution in [0.1, 0.15) is 19.8 Å². The van der Waals surface area contributed by atoms with Crippen LogP contribution in [0, 0.1) is 0 Å². The number of pyridine rings is 1. The van der Waals surface area contributed by atoms with Crippen LogP contribution >= 0.6 is 11.8 Å². The standard InChI is InChI=1S/C16H21N5O3S2/c1-2-8-21-15(12-3-6-17-7-4-12)19-20-16(21)25-10-14(22)18-13-5-9-26(23,24)11-13/h3-4,6-7,13H,2,5,8-11H2,1H3,(H,18,22)/t13-/m0/s1. The average Bonchev–Trinajstić information content (AvgIpc) is 3.17. The molecule has 1 aliphatic rings. The highest BCUT2D eigenvalue weighted by Gasteiger charge is 2.29. The van der Waals surface area contributed by atoms with Gasteiger partial charge in [-0.25, -0.2) is 8.42 Å². The molecule has 0 bridgehead atoms. The maximum atomic E-state index is 12.1. The topological polar surface area (TPSA) is 107 Å². The second-order valence-electron chi connectivity index (χ2n) is 6.15. The largest absolute Gasteiger partial charge is 0.352 e. The van der Waals surface area contributed by atoms with Crippen LogP contribution in [0.15, 0.2) is 29.7 Å². The Morgan fingerprint density at radius 1 is 1.35 bits per heavy atom. The Morgan fingerprint density at radius 3 is 2.77 bits per heavy atom. The van der Waals surface area contributed by atoms with E-state index in [1.807, 2.05) is 16.7 Å². The molecular weight excluding hydrogens is 374 g/mol. The molecule has 0 spiro atoms. The minimum atomic E-state index is -3.00. The van der Waals surface area contributed by atoms with Gasteiger partial charge in [0.2, 0.25) is 5.91 Å². The second-order valence-corrected chi connectivity index (χ2v) is 9.32. The molecule has 0 radical (unpaired) electrons. The summed E-state index contributed by atoms with van der Waals surface area (Å²) >= 11 is 1.31. The average molecular weight is 396 g/mol. The fraction of sp³-hybridized carbons (Fsp3) is 0.500. The Morgan fingerprint density at radius 2 is 2.12 bits per heavy atom. The SMILES string of the molecule is CCCn1c(SCC(=O)N[C@H]2CCS(=O)(=O)C2)nnc1-c1ccncc1. The molecule has 0 saturated carbocycles. The molecule has 1 aliphatic heterocycles. The Balaban J connectivity index is 1.64. The normalized spacial score (nSPS) is 18.7. The van der Waals surface area contributed by atoms with E-state index in [1.54, 1.807) is 12.4 Å². The molecule has 8 nitrogen and oxygen atoms in total. The number of rotatable bonds is 7. The van der Waals surface area contributed by atoms with Gasteiger partial charge in [0, 0.05) is 30.5 Å². The molecule has 10 heteroatoms. The highest BCUT2D eigenvalue weighted by atomic mass is 32.2. The van der Waals surface area contributed by atoms with Crippen molar-refractivity contribution in [3.8, 4) is 11.4 Å². The summed E-state index contributed by atoms with van der Waals surface area (Å²) in [5.41, 5.74) is 0.924. The van der Waals surface area contributed by atoms with Gasteiger partial charge in [-0.3, -0.25) is 9.78 Å².